The van der Waals surface area contributed by atoms with Crippen LogP contribution in [0.4, 0.5) is 0 Å². The van der Waals surface area contributed by atoms with Crippen LogP contribution in [0.15, 0.2) is 12.2 Å². The van der Waals surface area contributed by atoms with Crippen molar-refractivity contribution >= 4 is 23.9 Å². The first-order chi connectivity index (χ1) is 10.6. The second kappa shape index (κ2) is 12.0. The van der Waals surface area contributed by atoms with Crippen molar-refractivity contribution < 1.29 is 49.8 Å². The van der Waals surface area contributed by atoms with Crippen LogP contribution >= 0.6 is 0 Å². The van der Waals surface area contributed by atoms with Gasteiger partial charge in [0.05, 0.1) is 0 Å². The highest BCUT2D eigenvalue weighted by Gasteiger charge is 2.27. The van der Waals surface area contributed by atoms with Crippen molar-refractivity contribution in [1.82, 2.24) is 0 Å². The van der Waals surface area contributed by atoms with Crippen molar-refractivity contribution in [1.29, 1.82) is 0 Å². The van der Waals surface area contributed by atoms with Crippen molar-refractivity contribution in [2.45, 2.75) is 51.7 Å². The minimum atomic E-state index is -1.54. The zero-order chi connectivity index (χ0) is 20.1. The van der Waals surface area contributed by atoms with E-state index in [1.807, 2.05) is 0 Å². The van der Waals surface area contributed by atoms with Crippen LogP contribution in [-0.2, 0) is 19.2 Å². The van der Waals surface area contributed by atoms with Crippen molar-refractivity contribution in [3.8, 4) is 0 Å². The molecule has 0 saturated heterocycles. The fourth-order valence-electron chi connectivity index (χ4n) is 0.445. The van der Waals surface area contributed by atoms with Crippen LogP contribution in [0.2, 0.25) is 0 Å². The van der Waals surface area contributed by atoms with E-state index in [1.165, 1.54) is 13.8 Å². The van der Waals surface area contributed by atoms with Crippen molar-refractivity contribution in [3.63, 3.8) is 0 Å². The topological polar surface area (TPSA) is 190 Å². The second-order valence-electron chi connectivity index (χ2n) is 4.87. The van der Waals surface area contributed by atoms with E-state index in [-0.39, 0.29) is 12.8 Å². The van der Waals surface area contributed by atoms with Gasteiger partial charge in [0.1, 0.15) is 0 Å². The molecule has 0 fully saturated rings. The lowest BCUT2D eigenvalue weighted by atomic mass is 10.1. The summed E-state index contributed by atoms with van der Waals surface area (Å²) in [6.07, 6.45) is 1.59. The molecule has 0 bridgehead atoms. The molecule has 0 aliphatic heterocycles. The highest BCUT2D eigenvalue weighted by molar-refractivity contribution is 5.89. The van der Waals surface area contributed by atoms with Gasteiger partial charge in [-0.3, -0.25) is 0 Å². The van der Waals surface area contributed by atoms with Gasteiger partial charge in [0, 0.05) is 12.2 Å². The molecule has 2 atom stereocenters. The van der Waals surface area contributed by atoms with Gasteiger partial charge < -0.3 is 30.6 Å². The molecule has 0 aromatic heterocycles. The Labute approximate surface area is 138 Å². The average Bonchev–Trinajstić information content (AvgIpc) is 2.46. The maximum absolute atomic E-state index is 10.0. The molecular formula is C14H24O10. The number of hydrogen-bond donors (Lipinski definition) is 6. The third-order valence-electron chi connectivity index (χ3n) is 2.67. The summed E-state index contributed by atoms with van der Waals surface area (Å²) in [7, 11) is 0. The number of aliphatic carboxylic acids is 4. The lowest BCUT2D eigenvalue weighted by molar-refractivity contribution is -0.157. The first-order valence-corrected chi connectivity index (χ1v) is 6.69. The van der Waals surface area contributed by atoms with Crippen LogP contribution in [0.25, 0.3) is 0 Å². The Morgan fingerprint density at radius 1 is 0.708 bits per heavy atom. The van der Waals surface area contributed by atoms with E-state index in [4.69, 9.17) is 30.6 Å². The number of carboxylic acid groups (broad SMARTS) is 4. The predicted octanol–water partition coefficient (Wildman–Crippen LogP) is 0.176. The summed E-state index contributed by atoms with van der Waals surface area (Å²) < 4.78 is 0. The lowest BCUT2D eigenvalue weighted by Gasteiger charge is -2.13. The third-order valence-corrected chi connectivity index (χ3v) is 2.67. The van der Waals surface area contributed by atoms with E-state index in [1.54, 1.807) is 13.8 Å². The molecule has 0 spiro atoms. The van der Waals surface area contributed by atoms with E-state index in [2.05, 4.69) is 0 Å². The van der Waals surface area contributed by atoms with Crippen molar-refractivity contribution in [2.24, 2.45) is 0 Å². The van der Waals surface area contributed by atoms with E-state index in [0.717, 1.165) is 0 Å². The van der Waals surface area contributed by atoms with Crippen molar-refractivity contribution in [2.75, 3.05) is 0 Å². The van der Waals surface area contributed by atoms with Crippen LogP contribution in [0.1, 0.15) is 40.5 Å². The van der Waals surface area contributed by atoms with E-state index in [0.29, 0.717) is 12.2 Å². The average molecular weight is 352 g/mol. The van der Waals surface area contributed by atoms with Gasteiger partial charge in [-0.2, -0.15) is 0 Å². The zero-order valence-electron chi connectivity index (χ0n) is 13.9. The molecule has 140 valence electrons. The summed E-state index contributed by atoms with van der Waals surface area (Å²) in [6, 6.07) is 0. The minimum Gasteiger partial charge on any atom is -0.479 e. The SMILES string of the molecule is CC[C@](C)(O)C(=O)O.CC[C@](C)(O)C(=O)O.O=C(O)C=CC(=O)O. The first-order valence-electron chi connectivity index (χ1n) is 6.69. The largest absolute Gasteiger partial charge is 0.479 e. The molecule has 0 aromatic rings. The molecule has 0 radical (unpaired) electrons. The molecular weight excluding hydrogens is 328 g/mol. The summed E-state index contributed by atoms with van der Waals surface area (Å²) in [5, 5.41) is 49.6. The fraction of sp³-hybridized carbons (Fsp3) is 0.571. The zero-order valence-corrected chi connectivity index (χ0v) is 13.9. The normalized spacial score (nSPS) is 14.8. The monoisotopic (exact) mass is 352 g/mol. The van der Waals surface area contributed by atoms with Gasteiger partial charge in [-0.15, -0.1) is 0 Å². The van der Waals surface area contributed by atoms with Gasteiger partial charge in [-0.05, 0) is 26.7 Å². The summed E-state index contributed by atoms with van der Waals surface area (Å²) >= 11 is 0. The summed E-state index contributed by atoms with van der Waals surface area (Å²) in [6.45, 7) is 5.78. The van der Waals surface area contributed by atoms with Gasteiger partial charge in [-0.1, -0.05) is 13.8 Å². The number of aliphatic hydroxyl groups is 2. The summed E-state index contributed by atoms with van der Waals surface area (Å²) in [4.78, 5) is 39.1. The number of rotatable bonds is 6. The molecule has 10 nitrogen and oxygen atoms in total. The molecule has 0 amide bonds. The molecule has 10 heteroatoms. The molecule has 0 aromatic carbocycles. The highest BCUT2D eigenvalue weighted by atomic mass is 16.4. The smallest absolute Gasteiger partial charge is 0.335 e. The molecule has 0 unspecified atom stereocenters. The molecule has 0 aliphatic carbocycles. The van der Waals surface area contributed by atoms with Crippen LogP contribution in [-0.4, -0.2) is 65.7 Å². The van der Waals surface area contributed by atoms with E-state index in [9.17, 15) is 19.2 Å². The Morgan fingerprint density at radius 2 is 0.917 bits per heavy atom. The quantitative estimate of drug-likeness (QED) is 0.359. The standard InChI is InChI=1S/2C5H10O3.C4H4O4/c2*1-3-5(2,8)4(6)7;5-3(6)1-2-4(7)8/h2*8H,3H2,1-2H3,(H,6,7);1-2H,(H,5,6)(H,7,8)/t2*5-;/m00./s1. The van der Waals surface area contributed by atoms with Crippen LogP contribution < -0.4 is 0 Å². The Balaban J connectivity index is -0.000000276. The highest BCUT2D eigenvalue weighted by Crippen LogP contribution is 2.07. The minimum absolute atomic E-state index is 0.238. The molecule has 6 N–H and O–H groups in total. The Hall–Kier alpha value is -2.46. The van der Waals surface area contributed by atoms with Gasteiger partial charge >= 0.3 is 23.9 Å². The van der Waals surface area contributed by atoms with Gasteiger partial charge in [-0.25, -0.2) is 19.2 Å². The lowest BCUT2D eigenvalue weighted by Crippen LogP contribution is -2.33. The second-order valence-corrected chi connectivity index (χ2v) is 4.87. The maximum Gasteiger partial charge on any atom is 0.335 e. The fourth-order valence-corrected chi connectivity index (χ4v) is 0.445. The number of carbonyl (C=O) groups is 4. The number of carboxylic acids is 4. The van der Waals surface area contributed by atoms with Crippen LogP contribution in [0.5, 0.6) is 0 Å². The Kier molecular flexibility index (Phi) is 13.2. The van der Waals surface area contributed by atoms with Crippen molar-refractivity contribution in [3.05, 3.63) is 12.2 Å². The van der Waals surface area contributed by atoms with Gasteiger partial charge in [0.2, 0.25) is 0 Å². The van der Waals surface area contributed by atoms with Gasteiger partial charge in [0.15, 0.2) is 11.2 Å². The molecule has 0 aliphatic rings. The first kappa shape index (κ1) is 26.4. The van der Waals surface area contributed by atoms with Crippen LogP contribution in [0, 0.1) is 0 Å². The summed E-state index contributed by atoms with van der Waals surface area (Å²) in [5.41, 5.74) is -3.08. The number of hydrogen-bond acceptors (Lipinski definition) is 6. The third kappa shape index (κ3) is 15.9. The maximum atomic E-state index is 10.0. The Morgan fingerprint density at radius 3 is 0.958 bits per heavy atom. The predicted molar refractivity (Wildman–Crippen MR) is 81.5 cm³/mol. The molecule has 24 heavy (non-hydrogen) atoms. The Bertz CT molecular complexity index is 420. The van der Waals surface area contributed by atoms with Crippen LogP contribution in [0.3, 0.4) is 0 Å². The summed E-state index contributed by atoms with van der Waals surface area (Å²) in [5.74, 6) is -4.85. The van der Waals surface area contributed by atoms with Gasteiger partial charge in [0.25, 0.3) is 0 Å². The van der Waals surface area contributed by atoms with E-state index >= 15 is 0 Å². The molecule has 0 saturated carbocycles. The van der Waals surface area contributed by atoms with E-state index < -0.39 is 35.1 Å². The molecule has 0 heterocycles. The molecule has 0 rings (SSSR count).